The molecule has 1 amide bonds. The summed E-state index contributed by atoms with van der Waals surface area (Å²) in [5.41, 5.74) is -0.398. The van der Waals surface area contributed by atoms with Gasteiger partial charge in [0.05, 0.1) is 5.56 Å². The fraction of sp³-hybridized carbons (Fsp3) is 0.286. The van der Waals surface area contributed by atoms with Crippen molar-refractivity contribution in [2.45, 2.75) is 25.2 Å². The third kappa shape index (κ3) is 5.47. The molecule has 0 aliphatic carbocycles. The summed E-state index contributed by atoms with van der Waals surface area (Å²) in [5.74, 6) is -2.94. The summed E-state index contributed by atoms with van der Waals surface area (Å²) < 4.78 is 40.6. The van der Waals surface area contributed by atoms with Gasteiger partial charge in [-0.3, -0.25) is 4.79 Å². The van der Waals surface area contributed by atoms with Gasteiger partial charge in [0.2, 0.25) is 0 Å². The van der Waals surface area contributed by atoms with E-state index in [9.17, 15) is 22.8 Å². The smallest absolute Gasteiger partial charge is 0.480 e. The number of carboxylic acid groups (broad SMARTS) is 1. The molecule has 8 heteroatoms. The Morgan fingerprint density at radius 3 is 2.55 bits per heavy atom. The van der Waals surface area contributed by atoms with Crippen molar-refractivity contribution in [1.29, 1.82) is 0 Å². The lowest BCUT2D eigenvalue weighted by Gasteiger charge is -2.16. The zero-order chi connectivity index (χ0) is 16.8. The number of carboxylic acids is 1. The molecule has 5 nitrogen and oxygen atoms in total. The minimum Gasteiger partial charge on any atom is -0.480 e. The number of rotatable bonds is 7. The maximum Gasteiger partial charge on any atom is 0.573 e. The van der Waals surface area contributed by atoms with Gasteiger partial charge in [0.15, 0.2) is 0 Å². The molecule has 120 valence electrons. The Bertz CT molecular complexity index is 557. The molecular weight excluding hydrogens is 303 g/mol. The first-order valence-electron chi connectivity index (χ1n) is 6.24. The van der Waals surface area contributed by atoms with Gasteiger partial charge < -0.3 is 15.2 Å². The van der Waals surface area contributed by atoms with Crippen LogP contribution in [0.25, 0.3) is 0 Å². The molecule has 1 unspecified atom stereocenters. The average Bonchev–Trinajstić information content (AvgIpc) is 2.41. The minimum absolute atomic E-state index is 0.0763. The number of carbonyl (C=O) groups excluding carboxylic acids is 1. The number of halogens is 3. The largest absolute Gasteiger partial charge is 0.573 e. The molecule has 1 aromatic carbocycles. The Morgan fingerprint density at radius 1 is 1.36 bits per heavy atom. The molecule has 1 atom stereocenters. The second kappa shape index (κ2) is 7.48. The molecule has 0 aliphatic rings. The number of allylic oxidation sites excluding steroid dienone is 1. The Balaban J connectivity index is 2.92. The Kier molecular flexibility index (Phi) is 5.97. The number of para-hydroxylation sites is 1. The number of hydrogen-bond acceptors (Lipinski definition) is 3. The first kappa shape index (κ1) is 17.5. The molecule has 0 aromatic heterocycles. The van der Waals surface area contributed by atoms with E-state index < -0.39 is 35.6 Å². The van der Waals surface area contributed by atoms with Gasteiger partial charge in [-0.1, -0.05) is 18.2 Å². The number of aliphatic carboxylic acids is 1. The van der Waals surface area contributed by atoms with Crippen LogP contribution in [0, 0.1) is 0 Å². The molecule has 0 saturated carbocycles. The summed E-state index contributed by atoms with van der Waals surface area (Å²) >= 11 is 0. The van der Waals surface area contributed by atoms with Crippen LogP contribution in [0.15, 0.2) is 36.9 Å². The second-order valence-corrected chi connectivity index (χ2v) is 4.27. The van der Waals surface area contributed by atoms with Crippen molar-refractivity contribution in [3.8, 4) is 5.75 Å². The van der Waals surface area contributed by atoms with Crippen LogP contribution in [0.1, 0.15) is 23.2 Å². The zero-order valence-corrected chi connectivity index (χ0v) is 11.4. The monoisotopic (exact) mass is 317 g/mol. The van der Waals surface area contributed by atoms with E-state index in [0.29, 0.717) is 6.42 Å². The molecule has 1 rings (SSSR count). The first-order valence-corrected chi connectivity index (χ1v) is 6.24. The Morgan fingerprint density at radius 2 is 2.00 bits per heavy atom. The molecule has 0 spiro atoms. The van der Waals surface area contributed by atoms with E-state index in [1.165, 1.54) is 18.2 Å². The number of benzene rings is 1. The summed E-state index contributed by atoms with van der Waals surface area (Å²) in [5, 5.41) is 11.2. The molecule has 0 saturated heterocycles. The first-order chi connectivity index (χ1) is 10.2. The molecule has 0 fully saturated rings. The number of alkyl halides is 3. The Labute approximate surface area is 124 Å². The highest BCUT2D eigenvalue weighted by molar-refractivity contribution is 5.98. The maximum absolute atomic E-state index is 12.3. The fourth-order valence-electron chi connectivity index (χ4n) is 1.65. The lowest BCUT2D eigenvalue weighted by atomic mass is 10.1. The van der Waals surface area contributed by atoms with Gasteiger partial charge in [-0.05, 0) is 25.0 Å². The number of nitrogens with one attached hydrogen (secondary N) is 1. The van der Waals surface area contributed by atoms with Crippen LogP contribution in [0.2, 0.25) is 0 Å². The fourth-order valence-corrected chi connectivity index (χ4v) is 1.65. The molecule has 22 heavy (non-hydrogen) atoms. The van der Waals surface area contributed by atoms with Crippen molar-refractivity contribution in [2.75, 3.05) is 0 Å². The van der Waals surface area contributed by atoms with Crippen LogP contribution in [0.3, 0.4) is 0 Å². The molecular formula is C14H14F3NO4. The summed E-state index contributed by atoms with van der Waals surface area (Å²) in [6, 6.07) is 3.47. The normalized spacial score (nSPS) is 12.3. The highest BCUT2D eigenvalue weighted by Crippen LogP contribution is 2.26. The lowest BCUT2D eigenvalue weighted by molar-refractivity contribution is -0.274. The summed E-state index contributed by atoms with van der Waals surface area (Å²) in [6.07, 6.45) is -3.07. The summed E-state index contributed by atoms with van der Waals surface area (Å²) in [7, 11) is 0. The quantitative estimate of drug-likeness (QED) is 0.758. The van der Waals surface area contributed by atoms with E-state index in [1.807, 2.05) is 0 Å². The van der Waals surface area contributed by atoms with Gasteiger partial charge in [0.1, 0.15) is 11.8 Å². The predicted octanol–water partition coefficient (Wildman–Crippen LogP) is 2.73. The Hall–Kier alpha value is -2.51. The van der Waals surface area contributed by atoms with Crippen molar-refractivity contribution < 1.29 is 32.6 Å². The number of amides is 1. The van der Waals surface area contributed by atoms with Crippen LogP contribution in [-0.4, -0.2) is 29.4 Å². The van der Waals surface area contributed by atoms with Gasteiger partial charge in [-0.2, -0.15) is 0 Å². The van der Waals surface area contributed by atoms with Crippen LogP contribution in [0.5, 0.6) is 5.75 Å². The van der Waals surface area contributed by atoms with Crippen molar-refractivity contribution in [1.82, 2.24) is 5.32 Å². The molecule has 0 aliphatic heterocycles. The van der Waals surface area contributed by atoms with E-state index in [-0.39, 0.29) is 6.42 Å². The lowest BCUT2D eigenvalue weighted by Crippen LogP contribution is -2.40. The molecule has 2 N–H and O–H groups in total. The molecule has 0 heterocycles. The van der Waals surface area contributed by atoms with Gasteiger partial charge in [0, 0.05) is 0 Å². The van der Waals surface area contributed by atoms with Crippen molar-refractivity contribution in [3.63, 3.8) is 0 Å². The minimum atomic E-state index is -4.95. The van der Waals surface area contributed by atoms with Crippen molar-refractivity contribution in [3.05, 3.63) is 42.5 Å². The highest BCUT2D eigenvalue weighted by Gasteiger charge is 2.33. The van der Waals surface area contributed by atoms with E-state index in [4.69, 9.17) is 5.11 Å². The molecule has 1 aromatic rings. The number of hydrogen-bond donors (Lipinski definition) is 2. The molecule has 0 radical (unpaired) electrons. The van der Waals surface area contributed by atoms with E-state index >= 15 is 0 Å². The molecule has 0 bridgehead atoms. The zero-order valence-electron chi connectivity index (χ0n) is 11.4. The number of carbonyl (C=O) groups is 2. The van der Waals surface area contributed by atoms with Crippen LogP contribution >= 0.6 is 0 Å². The van der Waals surface area contributed by atoms with E-state index in [2.05, 4.69) is 16.6 Å². The van der Waals surface area contributed by atoms with E-state index in [0.717, 1.165) is 12.1 Å². The second-order valence-electron chi connectivity index (χ2n) is 4.27. The maximum atomic E-state index is 12.3. The van der Waals surface area contributed by atoms with Crippen LogP contribution in [-0.2, 0) is 4.79 Å². The third-order valence-electron chi connectivity index (χ3n) is 2.62. The van der Waals surface area contributed by atoms with Gasteiger partial charge >= 0.3 is 12.3 Å². The van der Waals surface area contributed by atoms with Gasteiger partial charge in [-0.25, -0.2) is 4.79 Å². The average molecular weight is 317 g/mol. The summed E-state index contributed by atoms with van der Waals surface area (Å²) in [4.78, 5) is 23.0. The SMILES string of the molecule is C=CCCC(NC(=O)c1ccccc1OC(F)(F)F)C(=O)O. The standard InChI is InChI=1S/C14H14F3NO4/c1-2-3-7-10(13(20)21)18-12(19)9-6-4-5-8-11(9)22-14(15,16)17/h2,4-6,8,10H,1,3,7H2,(H,18,19)(H,20,21). The highest BCUT2D eigenvalue weighted by atomic mass is 19.4. The number of ether oxygens (including phenoxy) is 1. The predicted molar refractivity (Wildman–Crippen MR) is 71.4 cm³/mol. The van der Waals surface area contributed by atoms with E-state index in [1.54, 1.807) is 0 Å². The van der Waals surface area contributed by atoms with Gasteiger partial charge in [0.25, 0.3) is 5.91 Å². The van der Waals surface area contributed by atoms with Crippen molar-refractivity contribution >= 4 is 11.9 Å². The third-order valence-corrected chi connectivity index (χ3v) is 2.62. The van der Waals surface area contributed by atoms with Crippen molar-refractivity contribution in [2.24, 2.45) is 0 Å². The van der Waals surface area contributed by atoms with Crippen LogP contribution < -0.4 is 10.1 Å². The summed E-state index contributed by atoms with van der Waals surface area (Å²) in [6.45, 7) is 3.43. The van der Waals surface area contributed by atoms with Gasteiger partial charge in [-0.15, -0.1) is 19.8 Å². The van der Waals surface area contributed by atoms with Crippen LogP contribution in [0.4, 0.5) is 13.2 Å². The topological polar surface area (TPSA) is 75.6 Å².